The summed E-state index contributed by atoms with van der Waals surface area (Å²) in [6, 6.07) is 2.44. The van der Waals surface area contributed by atoms with E-state index >= 15 is 8.78 Å². The molecule has 4 heterocycles. The second kappa shape index (κ2) is 13.6. The Morgan fingerprint density at radius 3 is 2.36 bits per heavy atom. The van der Waals surface area contributed by atoms with Crippen LogP contribution < -0.4 is 10.6 Å². The highest BCUT2D eigenvalue weighted by Gasteiger charge is 2.35. The van der Waals surface area contributed by atoms with E-state index in [-0.39, 0.29) is 42.1 Å². The van der Waals surface area contributed by atoms with Crippen molar-refractivity contribution in [1.82, 2.24) is 24.3 Å². The van der Waals surface area contributed by atoms with Crippen LogP contribution in [0.5, 0.6) is 0 Å². The van der Waals surface area contributed by atoms with Gasteiger partial charge in [0, 0.05) is 92.1 Å². The van der Waals surface area contributed by atoms with Gasteiger partial charge in [-0.1, -0.05) is 25.1 Å². The van der Waals surface area contributed by atoms with Crippen LogP contribution in [0.4, 0.5) is 19.0 Å². The third-order valence-electron chi connectivity index (χ3n) is 8.91. The molecule has 1 aromatic heterocycles. The van der Waals surface area contributed by atoms with Crippen molar-refractivity contribution in [3.8, 4) is 11.1 Å². The third-order valence-corrected chi connectivity index (χ3v) is 10.4. The van der Waals surface area contributed by atoms with Crippen LogP contribution in [0.1, 0.15) is 19.9 Å². The van der Waals surface area contributed by atoms with Gasteiger partial charge < -0.3 is 14.7 Å². The van der Waals surface area contributed by atoms with Crippen molar-refractivity contribution < 1.29 is 18.0 Å². The van der Waals surface area contributed by atoms with Crippen LogP contribution in [0.3, 0.4) is 0 Å². The molecular formula is C31H36ClF3N6O2S2. The van der Waals surface area contributed by atoms with Crippen LogP contribution in [0, 0.1) is 17.5 Å². The van der Waals surface area contributed by atoms with Crippen molar-refractivity contribution >= 4 is 59.5 Å². The number of piperazine rings is 2. The Hall–Kier alpha value is -2.71. The average Bonchev–Trinajstić information content (AvgIpc) is 3.00. The topological polar surface area (TPSA) is 64.9 Å². The summed E-state index contributed by atoms with van der Waals surface area (Å²) in [5, 5.41) is 0.652. The summed E-state index contributed by atoms with van der Waals surface area (Å²) < 4.78 is 45.9. The minimum Gasteiger partial charge on any atom is -0.350 e. The van der Waals surface area contributed by atoms with E-state index in [0.29, 0.717) is 65.7 Å². The predicted octanol–water partition coefficient (Wildman–Crippen LogP) is 4.75. The zero-order chi connectivity index (χ0) is 31.3. The molecule has 242 valence electrons. The number of anilines is 1. The highest BCUT2D eigenvalue weighted by Crippen LogP contribution is 2.49. The van der Waals surface area contributed by atoms with Gasteiger partial charge in [0.2, 0.25) is 5.91 Å². The minimum atomic E-state index is -1.07. The molecule has 0 aliphatic carbocycles. The number of thioether (sulfide) groups is 1. The zero-order valence-corrected chi connectivity index (χ0v) is 27.7. The SMILES string of the molecule is C=CC(=O)N1CCN(c2nc(=O)n3c4c(c(-c5c(F)cc(F)cc5F)c(Cl)cc24)SC[C@@H]3CN2CCN(CC)CC2)[C@@H](C)C1.S. The van der Waals surface area contributed by atoms with Crippen molar-refractivity contribution in [3.63, 3.8) is 0 Å². The molecule has 1 amide bonds. The van der Waals surface area contributed by atoms with E-state index in [1.165, 1.54) is 17.8 Å². The first kappa shape index (κ1) is 33.6. The summed E-state index contributed by atoms with van der Waals surface area (Å²) in [4.78, 5) is 39.7. The fraction of sp³-hybridized carbons (Fsp3) is 0.452. The highest BCUT2D eigenvalue weighted by molar-refractivity contribution is 7.99. The van der Waals surface area contributed by atoms with Crippen LogP contribution in [0.2, 0.25) is 5.02 Å². The summed E-state index contributed by atoms with van der Waals surface area (Å²) in [6.07, 6.45) is 1.28. The largest absolute Gasteiger partial charge is 0.350 e. The maximum atomic E-state index is 15.2. The van der Waals surface area contributed by atoms with Crippen molar-refractivity contribution in [1.29, 1.82) is 0 Å². The van der Waals surface area contributed by atoms with Gasteiger partial charge in [-0.3, -0.25) is 14.3 Å². The molecule has 3 aliphatic rings. The Bertz CT molecular complexity index is 1680. The summed E-state index contributed by atoms with van der Waals surface area (Å²) in [5.74, 6) is -2.47. The second-order valence-electron chi connectivity index (χ2n) is 11.5. The van der Waals surface area contributed by atoms with E-state index in [2.05, 4.69) is 28.3 Å². The molecule has 2 fully saturated rings. The van der Waals surface area contributed by atoms with Gasteiger partial charge in [-0.2, -0.15) is 18.5 Å². The number of carbonyl (C=O) groups excluding carboxylic acids is 1. The Labute approximate surface area is 276 Å². The van der Waals surface area contributed by atoms with E-state index in [1.807, 2.05) is 11.8 Å². The van der Waals surface area contributed by atoms with E-state index < -0.39 is 28.7 Å². The maximum Gasteiger partial charge on any atom is 0.350 e. The Morgan fingerprint density at radius 2 is 1.73 bits per heavy atom. The molecule has 6 rings (SSSR count). The highest BCUT2D eigenvalue weighted by atomic mass is 35.5. The molecule has 0 N–H and O–H groups in total. The molecule has 2 atom stereocenters. The van der Waals surface area contributed by atoms with Crippen LogP contribution >= 0.6 is 36.9 Å². The fourth-order valence-electron chi connectivity index (χ4n) is 6.61. The fourth-order valence-corrected chi connectivity index (χ4v) is 8.28. The second-order valence-corrected chi connectivity index (χ2v) is 13.0. The van der Waals surface area contributed by atoms with Crippen molar-refractivity contribution in [3.05, 3.63) is 63.8 Å². The summed E-state index contributed by atoms with van der Waals surface area (Å²) in [6.45, 7) is 14.1. The molecule has 8 nitrogen and oxygen atoms in total. The quantitative estimate of drug-likeness (QED) is 0.348. The lowest BCUT2D eigenvalue weighted by molar-refractivity contribution is -0.126. The smallest absolute Gasteiger partial charge is 0.350 e. The molecule has 0 radical (unpaired) electrons. The Kier molecular flexibility index (Phi) is 10.1. The Morgan fingerprint density at radius 1 is 1.07 bits per heavy atom. The van der Waals surface area contributed by atoms with E-state index in [9.17, 15) is 14.0 Å². The van der Waals surface area contributed by atoms with Crippen LogP contribution in [-0.2, 0) is 4.79 Å². The zero-order valence-electron chi connectivity index (χ0n) is 25.2. The van der Waals surface area contributed by atoms with Gasteiger partial charge in [0.05, 0.1) is 22.1 Å². The number of carbonyl (C=O) groups is 1. The molecule has 14 heteroatoms. The molecule has 2 aromatic carbocycles. The molecule has 3 aromatic rings. The van der Waals surface area contributed by atoms with Crippen molar-refractivity contribution in [2.24, 2.45) is 0 Å². The van der Waals surface area contributed by atoms with Gasteiger partial charge in [-0.05, 0) is 25.6 Å². The summed E-state index contributed by atoms with van der Waals surface area (Å²) in [5.41, 5.74) is -0.296. The molecule has 0 saturated carbocycles. The number of aromatic nitrogens is 2. The van der Waals surface area contributed by atoms with E-state index in [4.69, 9.17) is 11.6 Å². The number of benzene rings is 2. The molecule has 0 spiro atoms. The van der Waals surface area contributed by atoms with Gasteiger partial charge in [-0.15, -0.1) is 11.8 Å². The van der Waals surface area contributed by atoms with Crippen molar-refractivity contribution in [2.45, 2.75) is 30.8 Å². The number of rotatable bonds is 6. The van der Waals surface area contributed by atoms with Gasteiger partial charge in [0.15, 0.2) is 0 Å². The predicted molar refractivity (Wildman–Crippen MR) is 179 cm³/mol. The molecular weight excluding hydrogens is 645 g/mol. The molecule has 0 bridgehead atoms. The van der Waals surface area contributed by atoms with E-state index in [1.54, 1.807) is 15.5 Å². The normalized spacial score (nSPS) is 20.8. The summed E-state index contributed by atoms with van der Waals surface area (Å²) in [7, 11) is 0. The lowest BCUT2D eigenvalue weighted by Gasteiger charge is -2.41. The number of hydrogen-bond acceptors (Lipinski definition) is 7. The Balaban J connectivity index is 0.00000400. The van der Waals surface area contributed by atoms with Crippen LogP contribution in [0.15, 0.2) is 40.5 Å². The summed E-state index contributed by atoms with van der Waals surface area (Å²) >= 11 is 8.21. The van der Waals surface area contributed by atoms with Gasteiger partial charge >= 0.3 is 5.69 Å². The van der Waals surface area contributed by atoms with Crippen LogP contribution in [-0.4, -0.2) is 101 Å². The van der Waals surface area contributed by atoms with Gasteiger partial charge in [-0.25, -0.2) is 18.0 Å². The molecule has 3 aliphatic heterocycles. The third kappa shape index (κ3) is 6.21. The standard InChI is InChI=1S/C31H34ClF3N6O2S.H2S/c1-4-25(42)39-10-11-40(18(3)15-39)30-21-14-22(32)26(27-23(34)12-19(33)13-24(27)35)29-28(21)41(31(43)36-30)20(17-44-29)16-38-8-6-37(5-2)7-9-38;/h4,12-14,18,20H,1,5-11,15-17H2,2-3H3;1H2/t18-,20-;/m0./s1. The van der Waals surface area contributed by atoms with Gasteiger partial charge in [0.1, 0.15) is 23.3 Å². The molecule has 45 heavy (non-hydrogen) atoms. The van der Waals surface area contributed by atoms with Crippen LogP contribution in [0.25, 0.3) is 22.0 Å². The maximum absolute atomic E-state index is 15.2. The lowest BCUT2D eigenvalue weighted by atomic mass is 10.0. The minimum absolute atomic E-state index is 0. The number of nitrogens with zero attached hydrogens (tertiary/aromatic N) is 6. The lowest BCUT2D eigenvalue weighted by Crippen LogP contribution is -2.54. The number of halogens is 4. The molecule has 2 saturated heterocycles. The first-order valence-corrected chi connectivity index (χ1v) is 16.2. The molecule has 0 unspecified atom stereocenters. The van der Waals surface area contributed by atoms with Gasteiger partial charge in [0.25, 0.3) is 0 Å². The first-order chi connectivity index (χ1) is 21.1. The number of likely N-dealkylation sites (N-methyl/N-ethyl adjacent to an activating group) is 1. The van der Waals surface area contributed by atoms with Crippen molar-refractivity contribution in [2.75, 3.05) is 69.6 Å². The average molecular weight is 681 g/mol. The van der Waals surface area contributed by atoms with E-state index in [0.717, 1.165) is 32.7 Å². The number of hydrogen-bond donors (Lipinski definition) is 0. The first-order valence-electron chi connectivity index (χ1n) is 14.8. The number of amides is 1. The monoisotopic (exact) mass is 680 g/mol.